The molecular weight excluding hydrogens is 284 g/mol. The van der Waals surface area contributed by atoms with Crippen molar-refractivity contribution >= 4 is 11.9 Å². The molecule has 0 aliphatic rings. The molecule has 1 aromatic carbocycles. The fourth-order valence-electron chi connectivity index (χ4n) is 1.91. The topological polar surface area (TPSA) is 61.8 Å². The van der Waals surface area contributed by atoms with Crippen LogP contribution in [0.4, 0.5) is 0 Å². The Morgan fingerprint density at radius 1 is 0.909 bits per heavy atom. The predicted octanol–water partition coefficient (Wildman–Crippen LogP) is 3.25. The minimum atomic E-state index is -0.216. The zero-order valence-electron chi connectivity index (χ0n) is 13.3. The summed E-state index contributed by atoms with van der Waals surface area (Å²) in [7, 11) is 1.61. The largest absolute Gasteiger partial charge is 0.497 e. The van der Waals surface area contributed by atoms with Crippen molar-refractivity contribution in [1.29, 1.82) is 0 Å². The van der Waals surface area contributed by atoms with E-state index in [9.17, 15) is 9.59 Å². The summed E-state index contributed by atoms with van der Waals surface area (Å²) in [5.41, 5.74) is 0.927. The highest BCUT2D eigenvalue weighted by Gasteiger charge is 2.05. The zero-order chi connectivity index (χ0) is 16.2. The van der Waals surface area contributed by atoms with E-state index in [4.69, 9.17) is 14.2 Å². The van der Waals surface area contributed by atoms with Crippen LogP contribution < -0.4 is 4.74 Å². The van der Waals surface area contributed by atoms with Crippen LogP contribution in [0.1, 0.15) is 44.6 Å². The molecule has 0 bridgehead atoms. The predicted molar refractivity (Wildman–Crippen MR) is 82.5 cm³/mol. The first-order valence-corrected chi connectivity index (χ1v) is 7.60. The average molecular weight is 308 g/mol. The highest BCUT2D eigenvalue weighted by atomic mass is 16.5. The van der Waals surface area contributed by atoms with Gasteiger partial charge in [-0.3, -0.25) is 9.59 Å². The van der Waals surface area contributed by atoms with Gasteiger partial charge in [-0.1, -0.05) is 18.6 Å². The summed E-state index contributed by atoms with van der Waals surface area (Å²) in [6, 6.07) is 7.40. The Balaban J connectivity index is 2.09. The van der Waals surface area contributed by atoms with Crippen LogP contribution >= 0.6 is 0 Å². The number of esters is 2. The molecule has 1 rings (SSSR count). The van der Waals surface area contributed by atoms with E-state index in [1.165, 1.54) is 0 Å². The smallest absolute Gasteiger partial charge is 0.306 e. The van der Waals surface area contributed by atoms with Crippen LogP contribution in [0.25, 0.3) is 0 Å². The number of carbonyl (C=O) groups is 2. The number of ether oxygens (including phenoxy) is 3. The van der Waals surface area contributed by atoms with Crippen LogP contribution in [-0.4, -0.2) is 25.7 Å². The summed E-state index contributed by atoms with van der Waals surface area (Å²) >= 11 is 0. The maximum Gasteiger partial charge on any atom is 0.306 e. The summed E-state index contributed by atoms with van der Waals surface area (Å²) in [6.07, 6.45) is 3.07. The first-order valence-electron chi connectivity index (χ1n) is 7.60. The first-order chi connectivity index (χ1) is 10.7. The maximum absolute atomic E-state index is 11.6. The lowest BCUT2D eigenvalue weighted by atomic mass is 10.1. The van der Waals surface area contributed by atoms with Gasteiger partial charge in [0, 0.05) is 12.8 Å². The average Bonchev–Trinajstić information content (AvgIpc) is 2.53. The highest BCUT2D eigenvalue weighted by Crippen LogP contribution is 2.12. The standard InChI is InChI=1S/C17H24O5/c1-3-21-16(18)7-5-4-6-8-17(19)22-13-14-9-11-15(20-2)12-10-14/h9-12H,3-8,13H2,1-2H3. The molecule has 0 saturated heterocycles. The van der Waals surface area contributed by atoms with Gasteiger partial charge in [-0.15, -0.1) is 0 Å². The van der Waals surface area contributed by atoms with Crippen LogP contribution in [-0.2, 0) is 25.7 Å². The molecule has 0 amide bonds. The maximum atomic E-state index is 11.6. The number of hydrogen-bond donors (Lipinski definition) is 0. The molecule has 22 heavy (non-hydrogen) atoms. The van der Waals surface area contributed by atoms with Crippen molar-refractivity contribution < 1.29 is 23.8 Å². The third-order valence-corrected chi connectivity index (χ3v) is 3.13. The second kappa shape index (κ2) is 10.7. The number of carbonyl (C=O) groups excluding carboxylic acids is 2. The Kier molecular flexibility index (Phi) is 8.72. The summed E-state index contributed by atoms with van der Waals surface area (Å²) in [6.45, 7) is 2.47. The van der Waals surface area contributed by atoms with Gasteiger partial charge in [0.1, 0.15) is 12.4 Å². The molecule has 122 valence electrons. The van der Waals surface area contributed by atoms with Crippen molar-refractivity contribution in [1.82, 2.24) is 0 Å². The van der Waals surface area contributed by atoms with Crippen molar-refractivity contribution in [2.45, 2.75) is 45.6 Å². The molecule has 0 fully saturated rings. The van der Waals surface area contributed by atoms with Crippen LogP contribution in [0.3, 0.4) is 0 Å². The lowest BCUT2D eigenvalue weighted by Gasteiger charge is -2.06. The van der Waals surface area contributed by atoms with Crippen LogP contribution in [0, 0.1) is 0 Å². The molecule has 0 aliphatic carbocycles. The van der Waals surface area contributed by atoms with Gasteiger partial charge in [-0.25, -0.2) is 0 Å². The third kappa shape index (κ3) is 7.67. The third-order valence-electron chi connectivity index (χ3n) is 3.13. The van der Waals surface area contributed by atoms with E-state index in [0.717, 1.165) is 30.6 Å². The Morgan fingerprint density at radius 3 is 2.05 bits per heavy atom. The second-order valence-corrected chi connectivity index (χ2v) is 4.87. The van der Waals surface area contributed by atoms with Crippen molar-refractivity contribution in [2.24, 2.45) is 0 Å². The van der Waals surface area contributed by atoms with E-state index in [1.54, 1.807) is 14.0 Å². The van der Waals surface area contributed by atoms with Gasteiger partial charge in [0.05, 0.1) is 13.7 Å². The van der Waals surface area contributed by atoms with Gasteiger partial charge in [-0.2, -0.15) is 0 Å². The molecule has 0 N–H and O–H groups in total. The Bertz CT molecular complexity index is 453. The number of benzene rings is 1. The molecule has 0 radical (unpaired) electrons. The van der Waals surface area contributed by atoms with E-state index < -0.39 is 0 Å². The number of methoxy groups -OCH3 is 1. The lowest BCUT2D eigenvalue weighted by molar-refractivity contribution is -0.145. The monoisotopic (exact) mass is 308 g/mol. The quantitative estimate of drug-likeness (QED) is 0.490. The minimum Gasteiger partial charge on any atom is -0.497 e. The van der Waals surface area contributed by atoms with Gasteiger partial charge in [-0.05, 0) is 37.5 Å². The number of unbranched alkanes of at least 4 members (excludes halogenated alkanes) is 2. The fraction of sp³-hybridized carbons (Fsp3) is 0.529. The summed E-state index contributed by atoms with van der Waals surface area (Å²) in [5, 5.41) is 0. The van der Waals surface area contributed by atoms with Gasteiger partial charge >= 0.3 is 11.9 Å². The molecule has 0 spiro atoms. The lowest BCUT2D eigenvalue weighted by Crippen LogP contribution is -2.05. The molecule has 0 unspecified atom stereocenters. The van der Waals surface area contributed by atoms with E-state index in [0.29, 0.717) is 19.4 Å². The van der Waals surface area contributed by atoms with Crippen LogP contribution in [0.5, 0.6) is 5.75 Å². The molecule has 0 heterocycles. The fourth-order valence-corrected chi connectivity index (χ4v) is 1.91. The zero-order valence-corrected chi connectivity index (χ0v) is 13.3. The van der Waals surface area contributed by atoms with Gasteiger partial charge in [0.2, 0.25) is 0 Å². The normalized spacial score (nSPS) is 10.1. The Labute approximate surface area is 131 Å². The van der Waals surface area contributed by atoms with E-state index in [1.807, 2.05) is 24.3 Å². The van der Waals surface area contributed by atoms with E-state index in [-0.39, 0.29) is 18.5 Å². The van der Waals surface area contributed by atoms with Gasteiger partial charge in [0.25, 0.3) is 0 Å². The van der Waals surface area contributed by atoms with Crippen LogP contribution in [0.15, 0.2) is 24.3 Å². The number of rotatable bonds is 10. The highest BCUT2D eigenvalue weighted by molar-refractivity contribution is 5.69. The Hall–Kier alpha value is -2.04. The molecule has 5 nitrogen and oxygen atoms in total. The van der Waals surface area contributed by atoms with E-state index >= 15 is 0 Å². The van der Waals surface area contributed by atoms with Crippen molar-refractivity contribution in [2.75, 3.05) is 13.7 Å². The molecule has 0 aromatic heterocycles. The molecule has 0 atom stereocenters. The molecule has 1 aromatic rings. The summed E-state index contributed by atoms with van der Waals surface area (Å²) in [5.74, 6) is 0.383. The van der Waals surface area contributed by atoms with Crippen molar-refractivity contribution in [3.05, 3.63) is 29.8 Å². The molecule has 5 heteroatoms. The summed E-state index contributed by atoms with van der Waals surface area (Å²) < 4.78 is 15.1. The second-order valence-electron chi connectivity index (χ2n) is 4.87. The SMILES string of the molecule is CCOC(=O)CCCCCC(=O)OCc1ccc(OC)cc1. The van der Waals surface area contributed by atoms with Crippen LogP contribution in [0.2, 0.25) is 0 Å². The Morgan fingerprint density at radius 2 is 1.50 bits per heavy atom. The first kappa shape index (κ1) is 18.0. The van der Waals surface area contributed by atoms with Gasteiger partial charge in [0.15, 0.2) is 0 Å². The van der Waals surface area contributed by atoms with Gasteiger partial charge < -0.3 is 14.2 Å². The minimum absolute atomic E-state index is 0.176. The molecule has 0 saturated carbocycles. The van der Waals surface area contributed by atoms with Crippen molar-refractivity contribution in [3.63, 3.8) is 0 Å². The number of hydrogen-bond acceptors (Lipinski definition) is 5. The van der Waals surface area contributed by atoms with Crippen molar-refractivity contribution in [3.8, 4) is 5.75 Å². The van der Waals surface area contributed by atoms with E-state index in [2.05, 4.69) is 0 Å². The molecular formula is C17H24O5. The summed E-state index contributed by atoms with van der Waals surface area (Å²) in [4.78, 5) is 22.7. The molecule has 0 aliphatic heterocycles.